The van der Waals surface area contributed by atoms with Crippen LogP contribution in [-0.4, -0.2) is 5.78 Å². The first-order chi connectivity index (χ1) is 8.68. The first-order valence-corrected chi connectivity index (χ1v) is 8.21. The lowest BCUT2D eigenvalue weighted by Gasteiger charge is -2.49. The van der Waals surface area contributed by atoms with E-state index in [4.69, 9.17) is 0 Å². The molecule has 0 bridgehead atoms. The molecule has 0 saturated heterocycles. The molecule has 19 heavy (non-hydrogen) atoms. The van der Waals surface area contributed by atoms with Gasteiger partial charge in [0.05, 0.1) is 0 Å². The largest absolute Gasteiger partial charge is 0.299 e. The summed E-state index contributed by atoms with van der Waals surface area (Å²) in [7, 11) is 0. The fraction of sp³-hybridized carbons (Fsp3) is 0.944. The fourth-order valence-corrected chi connectivity index (χ4v) is 4.54. The lowest BCUT2D eigenvalue weighted by atomic mass is 9.55. The van der Waals surface area contributed by atoms with Crippen LogP contribution in [0.5, 0.6) is 0 Å². The van der Waals surface area contributed by atoms with E-state index in [0.717, 1.165) is 6.42 Å². The van der Waals surface area contributed by atoms with Crippen LogP contribution in [0.3, 0.4) is 0 Å². The highest BCUT2D eigenvalue weighted by atomic mass is 16.1. The van der Waals surface area contributed by atoms with Crippen molar-refractivity contribution in [3.8, 4) is 0 Å². The molecule has 0 spiro atoms. The van der Waals surface area contributed by atoms with E-state index in [-0.39, 0.29) is 5.92 Å². The second kappa shape index (κ2) is 6.41. The molecule has 0 heterocycles. The van der Waals surface area contributed by atoms with Crippen LogP contribution < -0.4 is 0 Å². The Labute approximate surface area is 120 Å². The van der Waals surface area contributed by atoms with Gasteiger partial charge in [0.2, 0.25) is 0 Å². The zero-order valence-corrected chi connectivity index (χ0v) is 14.2. The minimum absolute atomic E-state index is 0.280. The average Bonchev–Trinajstić information content (AvgIpc) is 2.25. The van der Waals surface area contributed by atoms with Gasteiger partial charge >= 0.3 is 0 Å². The number of carbonyl (C=O) groups excluding carboxylic acids is 1. The summed E-state index contributed by atoms with van der Waals surface area (Å²) in [4.78, 5) is 12.6. The van der Waals surface area contributed by atoms with Gasteiger partial charge in [-0.25, -0.2) is 0 Å². The quantitative estimate of drug-likeness (QED) is 0.696. The molecule has 4 atom stereocenters. The van der Waals surface area contributed by atoms with Crippen LogP contribution in [0.1, 0.15) is 61.8 Å². The van der Waals surface area contributed by atoms with Crippen LogP contribution in [0.15, 0.2) is 0 Å². The third kappa shape index (κ3) is 3.41. The van der Waals surface area contributed by atoms with E-state index >= 15 is 0 Å². The molecule has 1 nitrogen and oxygen atoms in total. The highest BCUT2D eigenvalue weighted by Crippen LogP contribution is 2.49. The van der Waals surface area contributed by atoms with Gasteiger partial charge in [0.25, 0.3) is 0 Å². The maximum Gasteiger partial charge on any atom is 0.136 e. The van der Waals surface area contributed by atoms with Gasteiger partial charge in [0.1, 0.15) is 5.78 Å². The molecule has 1 fully saturated rings. The van der Waals surface area contributed by atoms with Crippen molar-refractivity contribution >= 4 is 5.78 Å². The summed E-state index contributed by atoms with van der Waals surface area (Å²) in [6.45, 7) is 18.4. The van der Waals surface area contributed by atoms with Crippen LogP contribution in [-0.2, 0) is 4.79 Å². The van der Waals surface area contributed by atoms with Gasteiger partial charge in [0, 0.05) is 12.3 Å². The van der Waals surface area contributed by atoms with E-state index in [1.165, 1.54) is 0 Å². The smallest absolute Gasteiger partial charge is 0.136 e. The summed E-state index contributed by atoms with van der Waals surface area (Å²) in [6.07, 6.45) is 0.812. The van der Waals surface area contributed by atoms with Crippen LogP contribution in [0.25, 0.3) is 0 Å². The Kier molecular flexibility index (Phi) is 5.65. The summed E-state index contributed by atoms with van der Waals surface area (Å²) in [5.74, 6) is 5.03. The number of hydrogen-bond donors (Lipinski definition) is 0. The van der Waals surface area contributed by atoms with Crippen molar-refractivity contribution in [1.29, 1.82) is 0 Å². The Morgan fingerprint density at radius 2 is 1.21 bits per heavy atom. The summed E-state index contributed by atoms with van der Waals surface area (Å²) < 4.78 is 0. The predicted molar refractivity (Wildman–Crippen MR) is 82.9 cm³/mol. The number of Topliss-reactive ketones (excluding diaryl/α,β-unsaturated/α-hetero) is 1. The van der Waals surface area contributed by atoms with E-state index in [1.54, 1.807) is 0 Å². The van der Waals surface area contributed by atoms with Crippen molar-refractivity contribution in [2.45, 2.75) is 61.8 Å². The third-order valence-electron chi connectivity index (χ3n) is 5.28. The number of rotatable bonds is 4. The average molecular weight is 266 g/mol. The van der Waals surface area contributed by atoms with E-state index < -0.39 is 0 Å². The second-order valence-electron chi connectivity index (χ2n) is 7.99. The monoisotopic (exact) mass is 266 g/mol. The Balaban J connectivity index is 3.19. The van der Waals surface area contributed by atoms with E-state index in [0.29, 0.717) is 47.2 Å². The summed E-state index contributed by atoms with van der Waals surface area (Å²) in [6, 6.07) is 0. The van der Waals surface area contributed by atoms with Gasteiger partial charge in [-0.3, -0.25) is 4.79 Å². The van der Waals surface area contributed by atoms with Crippen molar-refractivity contribution in [3.63, 3.8) is 0 Å². The molecule has 1 aliphatic rings. The van der Waals surface area contributed by atoms with E-state index in [2.05, 4.69) is 55.4 Å². The van der Waals surface area contributed by atoms with Gasteiger partial charge in [-0.05, 0) is 41.4 Å². The van der Waals surface area contributed by atoms with Crippen LogP contribution in [0.2, 0.25) is 0 Å². The zero-order chi connectivity index (χ0) is 14.9. The molecule has 4 unspecified atom stereocenters. The maximum absolute atomic E-state index is 12.6. The highest BCUT2D eigenvalue weighted by molar-refractivity contribution is 5.82. The van der Waals surface area contributed by atoms with Gasteiger partial charge in [-0.2, -0.15) is 0 Å². The summed E-state index contributed by atoms with van der Waals surface area (Å²) in [5.41, 5.74) is 0. The molecular formula is C18H34O. The number of carbonyl (C=O) groups is 1. The fourth-order valence-electron chi connectivity index (χ4n) is 4.54. The molecule has 0 aromatic rings. The minimum Gasteiger partial charge on any atom is -0.299 e. The van der Waals surface area contributed by atoms with Crippen LogP contribution in [0.4, 0.5) is 0 Å². The molecule has 1 aliphatic carbocycles. The number of ketones is 1. The second-order valence-corrected chi connectivity index (χ2v) is 7.99. The van der Waals surface area contributed by atoms with Gasteiger partial charge in [-0.15, -0.1) is 0 Å². The van der Waals surface area contributed by atoms with Crippen molar-refractivity contribution < 1.29 is 4.79 Å². The molecule has 0 amide bonds. The molecule has 0 N–H and O–H groups in total. The SMILES string of the molecule is CC(C)C1CC(=O)C(C(C)C)C(C(C)C)C1C(C)C. The Bertz CT molecular complexity index is 301. The number of hydrogen-bond acceptors (Lipinski definition) is 1. The van der Waals surface area contributed by atoms with E-state index in [9.17, 15) is 4.79 Å². The van der Waals surface area contributed by atoms with Crippen molar-refractivity contribution in [3.05, 3.63) is 0 Å². The van der Waals surface area contributed by atoms with Crippen LogP contribution >= 0.6 is 0 Å². The van der Waals surface area contributed by atoms with Gasteiger partial charge in [-0.1, -0.05) is 55.4 Å². The molecule has 0 radical (unpaired) electrons. The highest BCUT2D eigenvalue weighted by Gasteiger charge is 2.47. The standard InChI is InChI=1S/C18H34O/c1-10(2)14-9-15(19)17(12(5)6)18(13(7)8)16(14)11(3)4/h10-14,16-18H,9H2,1-8H3. The normalized spacial score (nSPS) is 32.9. The minimum atomic E-state index is 0.280. The summed E-state index contributed by atoms with van der Waals surface area (Å²) in [5, 5.41) is 0. The Morgan fingerprint density at radius 3 is 1.53 bits per heavy atom. The molecular weight excluding hydrogens is 232 g/mol. The molecule has 1 rings (SSSR count). The third-order valence-corrected chi connectivity index (χ3v) is 5.28. The molecule has 0 aromatic heterocycles. The van der Waals surface area contributed by atoms with Gasteiger partial charge in [0.15, 0.2) is 0 Å². The first-order valence-electron chi connectivity index (χ1n) is 8.21. The summed E-state index contributed by atoms with van der Waals surface area (Å²) >= 11 is 0. The van der Waals surface area contributed by atoms with Crippen LogP contribution in [0, 0.1) is 47.3 Å². The van der Waals surface area contributed by atoms with Crippen molar-refractivity contribution in [1.82, 2.24) is 0 Å². The zero-order valence-electron chi connectivity index (χ0n) is 14.2. The Morgan fingerprint density at radius 1 is 0.737 bits per heavy atom. The maximum atomic E-state index is 12.6. The predicted octanol–water partition coefficient (Wildman–Crippen LogP) is 5.05. The molecule has 0 aliphatic heterocycles. The molecule has 1 heteroatoms. The molecule has 112 valence electrons. The lowest BCUT2D eigenvalue weighted by Crippen LogP contribution is -2.48. The lowest BCUT2D eigenvalue weighted by molar-refractivity contribution is -0.138. The molecule has 1 saturated carbocycles. The first kappa shape index (κ1) is 16.7. The molecule has 0 aromatic carbocycles. The van der Waals surface area contributed by atoms with Crippen molar-refractivity contribution in [2.24, 2.45) is 47.3 Å². The Hall–Kier alpha value is -0.330. The topological polar surface area (TPSA) is 17.1 Å². The van der Waals surface area contributed by atoms with E-state index in [1.807, 2.05) is 0 Å². The van der Waals surface area contributed by atoms with Gasteiger partial charge < -0.3 is 0 Å². The van der Waals surface area contributed by atoms with Crippen molar-refractivity contribution in [2.75, 3.05) is 0 Å².